The smallest absolute Gasteiger partial charge is 0.0279 e. The fraction of sp³-hybridized carbons (Fsp3) is 0.368. The first-order valence-electron chi connectivity index (χ1n) is 7.94. The number of benzene rings is 2. The van der Waals surface area contributed by atoms with Crippen LogP contribution in [0.5, 0.6) is 0 Å². The first kappa shape index (κ1) is 13.1. The molecular formula is C19H22N2. The Morgan fingerprint density at radius 2 is 1.52 bits per heavy atom. The molecule has 2 aromatic rings. The lowest BCUT2D eigenvalue weighted by Gasteiger charge is -2.23. The van der Waals surface area contributed by atoms with Crippen LogP contribution in [0, 0.1) is 11.8 Å². The van der Waals surface area contributed by atoms with Gasteiger partial charge in [-0.05, 0) is 53.7 Å². The van der Waals surface area contributed by atoms with E-state index in [4.69, 9.17) is 5.84 Å². The van der Waals surface area contributed by atoms with Crippen LogP contribution in [0.3, 0.4) is 0 Å². The predicted molar refractivity (Wildman–Crippen MR) is 85.7 cm³/mol. The van der Waals surface area contributed by atoms with Gasteiger partial charge in [0.1, 0.15) is 0 Å². The zero-order valence-corrected chi connectivity index (χ0v) is 12.2. The van der Waals surface area contributed by atoms with Gasteiger partial charge in [-0.3, -0.25) is 11.3 Å². The molecule has 3 unspecified atom stereocenters. The summed E-state index contributed by atoms with van der Waals surface area (Å²) >= 11 is 0. The highest BCUT2D eigenvalue weighted by Gasteiger charge is 2.47. The Labute approximate surface area is 126 Å². The van der Waals surface area contributed by atoms with Gasteiger partial charge in [0.25, 0.3) is 0 Å². The molecule has 0 saturated heterocycles. The van der Waals surface area contributed by atoms with E-state index < -0.39 is 0 Å². The molecule has 1 fully saturated rings. The maximum absolute atomic E-state index is 5.92. The fourth-order valence-electron chi connectivity index (χ4n) is 4.15. The van der Waals surface area contributed by atoms with E-state index in [-0.39, 0.29) is 0 Å². The third-order valence-electron chi connectivity index (χ3n) is 5.31. The van der Waals surface area contributed by atoms with Gasteiger partial charge in [-0.1, -0.05) is 54.6 Å². The number of hydrogen-bond donors (Lipinski definition) is 2. The zero-order valence-electron chi connectivity index (χ0n) is 12.2. The monoisotopic (exact) mass is 278 g/mol. The molecule has 0 heterocycles. The molecule has 2 aliphatic carbocycles. The van der Waals surface area contributed by atoms with E-state index in [0.717, 1.165) is 0 Å². The standard InChI is InChI=1S/C19H22N2/c20-21-19(16-10-14-8-4-5-9-15(14)11-16)18-12-17(18)13-6-2-1-3-7-13/h1-9,16-19,21H,10-12,20H2. The van der Waals surface area contributed by atoms with Crippen molar-refractivity contribution in [1.82, 2.24) is 5.43 Å². The third-order valence-corrected chi connectivity index (χ3v) is 5.31. The number of rotatable bonds is 4. The first-order valence-corrected chi connectivity index (χ1v) is 7.94. The summed E-state index contributed by atoms with van der Waals surface area (Å²) in [5, 5.41) is 0. The molecule has 4 rings (SSSR count). The van der Waals surface area contributed by atoms with Gasteiger partial charge in [-0.2, -0.15) is 0 Å². The van der Waals surface area contributed by atoms with E-state index >= 15 is 0 Å². The number of nitrogens with one attached hydrogen (secondary N) is 1. The summed E-state index contributed by atoms with van der Waals surface area (Å²) in [6.07, 6.45) is 3.61. The summed E-state index contributed by atoms with van der Waals surface area (Å²) in [4.78, 5) is 0. The Bertz CT molecular complexity index is 597. The highest BCUT2D eigenvalue weighted by atomic mass is 15.2. The number of hydrogen-bond acceptors (Lipinski definition) is 2. The molecule has 0 spiro atoms. The Kier molecular flexibility index (Phi) is 3.28. The highest BCUT2D eigenvalue weighted by molar-refractivity contribution is 5.34. The van der Waals surface area contributed by atoms with Gasteiger partial charge in [-0.25, -0.2) is 0 Å². The summed E-state index contributed by atoms with van der Waals surface area (Å²) in [5.41, 5.74) is 7.64. The van der Waals surface area contributed by atoms with Crippen LogP contribution in [0.25, 0.3) is 0 Å². The lowest BCUT2D eigenvalue weighted by molar-refractivity contribution is 0.330. The molecule has 108 valence electrons. The van der Waals surface area contributed by atoms with Crippen molar-refractivity contribution in [3.05, 3.63) is 71.3 Å². The molecule has 2 aliphatic rings. The van der Waals surface area contributed by atoms with Crippen molar-refractivity contribution >= 4 is 0 Å². The average Bonchev–Trinajstić information content (AvgIpc) is 3.20. The van der Waals surface area contributed by atoms with Crippen LogP contribution in [0.4, 0.5) is 0 Å². The van der Waals surface area contributed by atoms with Crippen LogP contribution >= 0.6 is 0 Å². The molecule has 0 radical (unpaired) electrons. The van der Waals surface area contributed by atoms with Crippen molar-refractivity contribution in [2.24, 2.45) is 17.7 Å². The molecule has 3 atom stereocenters. The van der Waals surface area contributed by atoms with Crippen molar-refractivity contribution in [2.75, 3.05) is 0 Å². The molecule has 2 nitrogen and oxygen atoms in total. The summed E-state index contributed by atoms with van der Waals surface area (Å²) in [5.74, 6) is 7.95. The van der Waals surface area contributed by atoms with E-state index in [1.165, 1.54) is 36.0 Å². The maximum atomic E-state index is 5.92. The minimum Gasteiger partial charge on any atom is -0.271 e. The van der Waals surface area contributed by atoms with Crippen molar-refractivity contribution in [2.45, 2.75) is 31.2 Å². The molecule has 0 bridgehead atoms. The van der Waals surface area contributed by atoms with Crippen LogP contribution in [0.2, 0.25) is 0 Å². The molecule has 2 heteroatoms. The van der Waals surface area contributed by atoms with Crippen LogP contribution in [-0.2, 0) is 12.8 Å². The summed E-state index contributed by atoms with van der Waals surface area (Å²) in [6.45, 7) is 0. The highest BCUT2D eigenvalue weighted by Crippen LogP contribution is 2.52. The Hall–Kier alpha value is -1.64. The third kappa shape index (κ3) is 2.39. The normalized spacial score (nSPS) is 25.6. The quantitative estimate of drug-likeness (QED) is 0.666. The van der Waals surface area contributed by atoms with E-state index in [1.807, 2.05) is 0 Å². The van der Waals surface area contributed by atoms with Crippen molar-refractivity contribution in [1.29, 1.82) is 0 Å². The van der Waals surface area contributed by atoms with Crippen molar-refractivity contribution < 1.29 is 0 Å². The number of nitrogens with two attached hydrogens (primary N) is 1. The predicted octanol–water partition coefficient (Wildman–Crippen LogP) is 3.04. The van der Waals surface area contributed by atoms with Gasteiger partial charge in [0.2, 0.25) is 0 Å². The number of hydrazine groups is 1. The SMILES string of the molecule is NNC(C1Cc2ccccc2C1)C1CC1c1ccccc1. The van der Waals surface area contributed by atoms with E-state index in [1.54, 1.807) is 0 Å². The van der Waals surface area contributed by atoms with Crippen molar-refractivity contribution in [3.8, 4) is 0 Å². The molecular weight excluding hydrogens is 256 g/mol. The van der Waals surface area contributed by atoms with E-state index in [2.05, 4.69) is 60.0 Å². The average molecular weight is 278 g/mol. The van der Waals surface area contributed by atoms with Crippen LogP contribution in [0.15, 0.2) is 54.6 Å². The van der Waals surface area contributed by atoms with Gasteiger partial charge in [0, 0.05) is 6.04 Å². The second-order valence-electron chi connectivity index (χ2n) is 6.55. The van der Waals surface area contributed by atoms with Crippen LogP contribution < -0.4 is 11.3 Å². The lowest BCUT2D eigenvalue weighted by Crippen LogP contribution is -2.43. The Morgan fingerprint density at radius 3 is 2.14 bits per heavy atom. The van der Waals surface area contributed by atoms with Gasteiger partial charge < -0.3 is 0 Å². The number of fused-ring (bicyclic) bond motifs is 1. The van der Waals surface area contributed by atoms with Gasteiger partial charge >= 0.3 is 0 Å². The van der Waals surface area contributed by atoms with Crippen molar-refractivity contribution in [3.63, 3.8) is 0 Å². The second-order valence-corrected chi connectivity index (χ2v) is 6.55. The minimum atomic E-state index is 0.433. The van der Waals surface area contributed by atoms with Gasteiger partial charge in [0.05, 0.1) is 0 Å². The zero-order chi connectivity index (χ0) is 14.2. The summed E-state index contributed by atoms with van der Waals surface area (Å²) in [7, 11) is 0. The van der Waals surface area contributed by atoms with E-state index in [0.29, 0.717) is 23.8 Å². The largest absolute Gasteiger partial charge is 0.271 e. The van der Waals surface area contributed by atoms with E-state index in [9.17, 15) is 0 Å². The fourth-order valence-corrected chi connectivity index (χ4v) is 4.15. The molecule has 0 aromatic heterocycles. The lowest BCUT2D eigenvalue weighted by atomic mass is 9.91. The molecule has 0 amide bonds. The first-order chi connectivity index (χ1) is 10.4. The van der Waals surface area contributed by atoms with Crippen LogP contribution in [-0.4, -0.2) is 6.04 Å². The molecule has 2 aromatic carbocycles. The second kappa shape index (κ2) is 5.28. The maximum Gasteiger partial charge on any atom is 0.0279 e. The molecule has 21 heavy (non-hydrogen) atoms. The molecule has 1 saturated carbocycles. The molecule has 0 aliphatic heterocycles. The van der Waals surface area contributed by atoms with Gasteiger partial charge in [-0.15, -0.1) is 0 Å². The van der Waals surface area contributed by atoms with Gasteiger partial charge in [0.15, 0.2) is 0 Å². The Morgan fingerprint density at radius 1 is 0.905 bits per heavy atom. The molecule has 3 N–H and O–H groups in total. The summed E-state index contributed by atoms with van der Waals surface area (Å²) in [6, 6.07) is 20.1. The summed E-state index contributed by atoms with van der Waals surface area (Å²) < 4.78 is 0. The Balaban J connectivity index is 1.48. The van der Waals surface area contributed by atoms with Crippen LogP contribution in [0.1, 0.15) is 29.0 Å². The minimum absolute atomic E-state index is 0.433. The topological polar surface area (TPSA) is 38.0 Å².